The summed E-state index contributed by atoms with van der Waals surface area (Å²) in [5, 5.41) is 12.5. The average molecular weight is 397 g/mol. The van der Waals surface area contributed by atoms with E-state index in [9.17, 15) is 18.3 Å². The zero-order chi connectivity index (χ0) is 18.7. The minimum Gasteiger partial charge on any atom is -0.367 e. The summed E-state index contributed by atoms with van der Waals surface area (Å²) >= 11 is 5.98. The van der Waals surface area contributed by atoms with Crippen molar-refractivity contribution < 1.29 is 23.1 Å². The molecule has 0 unspecified atom stereocenters. The quantitative estimate of drug-likeness (QED) is 0.716. The second-order valence-corrected chi connectivity index (χ2v) is 7.86. The van der Waals surface area contributed by atoms with Gasteiger partial charge in [-0.3, -0.25) is 4.79 Å². The summed E-state index contributed by atoms with van der Waals surface area (Å²) in [7, 11) is -3.80. The third-order valence-electron chi connectivity index (χ3n) is 3.91. The SMILES string of the molecule is O=C(Nc1ccc(S(=O)(=O)N[C@H]2CCO[C@@H]2O)cc1)c1ccccc1Cl. The van der Waals surface area contributed by atoms with Crippen molar-refractivity contribution in [3.63, 3.8) is 0 Å². The number of hydrogen-bond acceptors (Lipinski definition) is 5. The highest BCUT2D eigenvalue weighted by atomic mass is 35.5. The first-order chi connectivity index (χ1) is 12.4. The number of halogens is 1. The summed E-state index contributed by atoms with van der Waals surface area (Å²) in [4.78, 5) is 12.2. The molecule has 0 spiro atoms. The lowest BCUT2D eigenvalue weighted by molar-refractivity contribution is -0.0686. The highest BCUT2D eigenvalue weighted by molar-refractivity contribution is 7.89. The van der Waals surface area contributed by atoms with E-state index < -0.39 is 28.3 Å². The Kier molecular flexibility index (Phi) is 5.59. The molecule has 9 heteroatoms. The number of anilines is 1. The number of benzene rings is 2. The number of amides is 1. The minimum absolute atomic E-state index is 0.0207. The maximum atomic E-state index is 12.4. The van der Waals surface area contributed by atoms with Gasteiger partial charge in [0.25, 0.3) is 5.91 Å². The monoisotopic (exact) mass is 396 g/mol. The number of ether oxygens (including phenoxy) is 1. The predicted molar refractivity (Wildman–Crippen MR) is 96.5 cm³/mol. The van der Waals surface area contributed by atoms with Crippen LogP contribution in [-0.4, -0.2) is 38.4 Å². The first-order valence-electron chi connectivity index (χ1n) is 7.85. The van der Waals surface area contributed by atoms with Gasteiger partial charge in [-0.15, -0.1) is 0 Å². The fourth-order valence-electron chi connectivity index (χ4n) is 2.52. The van der Waals surface area contributed by atoms with E-state index in [4.69, 9.17) is 16.3 Å². The Morgan fingerprint density at radius 1 is 1.15 bits per heavy atom. The van der Waals surface area contributed by atoms with Crippen molar-refractivity contribution >= 4 is 33.2 Å². The molecule has 1 heterocycles. The second kappa shape index (κ2) is 7.73. The predicted octanol–water partition coefficient (Wildman–Crippen LogP) is 1.98. The lowest BCUT2D eigenvalue weighted by atomic mass is 10.2. The number of aliphatic hydroxyl groups is 1. The number of rotatable bonds is 5. The van der Waals surface area contributed by atoms with Gasteiger partial charge in [-0.25, -0.2) is 13.1 Å². The Hall–Kier alpha value is -1.97. The molecule has 1 aliphatic heterocycles. The number of hydrogen-bond donors (Lipinski definition) is 3. The first kappa shape index (κ1) is 18.8. The van der Waals surface area contributed by atoms with E-state index in [-0.39, 0.29) is 4.90 Å². The molecule has 1 fully saturated rings. The maximum absolute atomic E-state index is 12.4. The van der Waals surface area contributed by atoms with Crippen molar-refractivity contribution in [1.82, 2.24) is 4.72 Å². The van der Waals surface area contributed by atoms with Crippen LogP contribution in [0.2, 0.25) is 5.02 Å². The standard InChI is InChI=1S/C17H17ClN2O5S/c18-14-4-2-1-3-13(14)16(21)19-11-5-7-12(8-6-11)26(23,24)20-15-9-10-25-17(15)22/h1-8,15,17,20,22H,9-10H2,(H,19,21)/t15-,17-/m0/s1. The molecule has 2 aromatic carbocycles. The topological polar surface area (TPSA) is 105 Å². The number of carbonyl (C=O) groups excluding carboxylic acids is 1. The summed E-state index contributed by atoms with van der Waals surface area (Å²) in [5.74, 6) is -0.393. The Bertz CT molecular complexity index is 902. The summed E-state index contributed by atoms with van der Waals surface area (Å²) in [6, 6.07) is 11.6. The van der Waals surface area contributed by atoms with Gasteiger partial charge in [-0.05, 0) is 42.8 Å². The van der Waals surface area contributed by atoms with Gasteiger partial charge in [0.2, 0.25) is 10.0 Å². The molecule has 3 rings (SSSR count). The Morgan fingerprint density at radius 2 is 1.85 bits per heavy atom. The van der Waals surface area contributed by atoms with Crippen molar-refractivity contribution in [1.29, 1.82) is 0 Å². The van der Waals surface area contributed by atoms with Crippen LogP contribution in [0.15, 0.2) is 53.4 Å². The molecular weight excluding hydrogens is 380 g/mol. The van der Waals surface area contributed by atoms with Gasteiger partial charge in [-0.2, -0.15) is 0 Å². The van der Waals surface area contributed by atoms with E-state index in [1.54, 1.807) is 24.3 Å². The molecule has 0 saturated carbocycles. The molecule has 3 N–H and O–H groups in total. The van der Waals surface area contributed by atoms with Crippen molar-refractivity contribution in [3.05, 3.63) is 59.1 Å². The molecule has 0 aromatic heterocycles. The number of carbonyl (C=O) groups is 1. The van der Waals surface area contributed by atoms with Crippen LogP contribution in [-0.2, 0) is 14.8 Å². The molecule has 0 radical (unpaired) electrons. The molecule has 138 valence electrons. The van der Waals surface area contributed by atoms with Crippen LogP contribution in [0.4, 0.5) is 5.69 Å². The second-order valence-electron chi connectivity index (χ2n) is 5.74. The summed E-state index contributed by atoms with van der Waals surface area (Å²) < 4.78 is 32.0. The van der Waals surface area contributed by atoms with Crippen molar-refractivity contribution in [2.45, 2.75) is 23.6 Å². The fraction of sp³-hybridized carbons (Fsp3) is 0.235. The largest absolute Gasteiger partial charge is 0.367 e. The Balaban J connectivity index is 1.70. The summed E-state index contributed by atoms with van der Waals surface area (Å²) in [5.41, 5.74) is 0.751. The Morgan fingerprint density at radius 3 is 2.46 bits per heavy atom. The summed E-state index contributed by atoms with van der Waals surface area (Å²) in [6.45, 7) is 0.293. The van der Waals surface area contributed by atoms with Gasteiger partial charge in [0, 0.05) is 5.69 Å². The number of aliphatic hydroxyl groups excluding tert-OH is 1. The van der Waals surface area contributed by atoms with E-state index in [1.165, 1.54) is 24.3 Å². The average Bonchev–Trinajstić information content (AvgIpc) is 3.00. The molecule has 2 atom stereocenters. The van der Waals surface area contributed by atoms with Crippen molar-refractivity contribution in [2.75, 3.05) is 11.9 Å². The van der Waals surface area contributed by atoms with Gasteiger partial charge in [0.1, 0.15) is 0 Å². The van der Waals surface area contributed by atoms with E-state index in [1.807, 2.05) is 0 Å². The van der Waals surface area contributed by atoms with E-state index >= 15 is 0 Å². The summed E-state index contributed by atoms with van der Waals surface area (Å²) in [6.07, 6.45) is -0.759. The van der Waals surface area contributed by atoms with Gasteiger partial charge in [0.05, 0.1) is 28.1 Å². The zero-order valence-electron chi connectivity index (χ0n) is 13.6. The molecular formula is C17H17ClN2O5S. The Labute approximate surface area is 156 Å². The van der Waals surface area contributed by atoms with E-state index in [2.05, 4.69) is 10.0 Å². The first-order valence-corrected chi connectivity index (χ1v) is 9.71. The lowest BCUT2D eigenvalue weighted by Gasteiger charge is -2.15. The lowest BCUT2D eigenvalue weighted by Crippen LogP contribution is -2.40. The van der Waals surface area contributed by atoms with Crippen LogP contribution in [0.3, 0.4) is 0 Å². The van der Waals surface area contributed by atoms with Crippen LogP contribution in [0.25, 0.3) is 0 Å². The molecule has 1 aliphatic rings. The molecule has 0 bridgehead atoms. The molecule has 1 saturated heterocycles. The molecule has 0 aliphatic carbocycles. The van der Waals surface area contributed by atoms with E-state index in [0.717, 1.165) is 0 Å². The van der Waals surface area contributed by atoms with Crippen LogP contribution in [0.5, 0.6) is 0 Å². The molecule has 1 amide bonds. The normalized spacial score (nSPS) is 20.1. The third kappa shape index (κ3) is 4.22. The van der Waals surface area contributed by atoms with Crippen molar-refractivity contribution in [3.8, 4) is 0 Å². The van der Waals surface area contributed by atoms with Crippen LogP contribution in [0.1, 0.15) is 16.8 Å². The molecule has 2 aromatic rings. The molecule has 7 nitrogen and oxygen atoms in total. The fourth-order valence-corrected chi connectivity index (χ4v) is 4.01. The zero-order valence-corrected chi connectivity index (χ0v) is 15.1. The highest BCUT2D eigenvalue weighted by Gasteiger charge is 2.30. The maximum Gasteiger partial charge on any atom is 0.257 e. The van der Waals surface area contributed by atoms with Crippen LogP contribution < -0.4 is 10.0 Å². The van der Waals surface area contributed by atoms with Crippen LogP contribution >= 0.6 is 11.6 Å². The van der Waals surface area contributed by atoms with Gasteiger partial charge in [-0.1, -0.05) is 23.7 Å². The number of nitrogens with one attached hydrogen (secondary N) is 2. The highest BCUT2D eigenvalue weighted by Crippen LogP contribution is 2.20. The van der Waals surface area contributed by atoms with Gasteiger partial charge in [0.15, 0.2) is 6.29 Å². The van der Waals surface area contributed by atoms with Gasteiger partial charge < -0.3 is 15.2 Å². The smallest absolute Gasteiger partial charge is 0.257 e. The third-order valence-corrected chi connectivity index (χ3v) is 5.74. The van der Waals surface area contributed by atoms with Gasteiger partial charge >= 0.3 is 0 Å². The molecule has 26 heavy (non-hydrogen) atoms. The van der Waals surface area contributed by atoms with Crippen molar-refractivity contribution in [2.24, 2.45) is 0 Å². The van der Waals surface area contributed by atoms with E-state index in [0.29, 0.717) is 29.3 Å². The minimum atomic E-state index is -3.80. The number of sulfonamides is 1. The van der Waals surface area contributed by atoms with Crippen LogP contribution in [0, 0.1) is 0 Å².